The molecular formula is C35H41F2N9O6. The minimum atomic E-state index is -3.25. The van der Waals surface area contributed by atoms with E-state index in [2.05, 4.69) is 39.0 Å². The van der Waals surface area contributed by atoms with Gasteiger partial charge in [-0.25, -0.2) is 4.98 Å². The second kappa shape index (κ2) is 13.0. The number of aromatic nitrogens is 6. The highest BCUT2D eigenvalue weighted by molar-refractivity contribution is 5.96. The van der Waals surface area contributed by atoms with Crippen molar-refractivity contribution in [2.75, 3.05) is 38.2 Å². The van der Waals surface area contributed by atoms with E-state index in [-0.39, 0.29) is 60.9 Å². The molecule has 2 bridgehead atoms. The molecule has 4 aromatic rings. The maximum atomic E-state index is 14.3. The van der Waals surface area contributed by atoms with Gasteiger partial charge in [0.15, 0.2) is 11.2 Å². The number of nitrogens with one attached hydrogen (secondary N) is 2. The van der Waals surface area contributed by atoms with Crippen LogP contribution in [0.3, 0.4) is 0 Å². The van der Waals surface area contributed by atoms with E-state index in [1.165, 1.54) is 36.1 Å². The molecule has 1 aliphatic heterocycles. The van der Waals surface area contributed by atoms with Crippen molar-refractivity contribution in [3.05, 3.63) is 61.8 Å². The van der Waals surface area contributed by atoms with Crippen LogP contribution in [0.25, 0.3) is 16.9 Å². The van der Waals surface area contributed by atoms with Crippen molar-refractivity contribution < 1.29 is 27.8 Å². The number of aryl methyl sites for hydroxylation is 1. The molecule has 15 nitrogen and oxygen atoms in total. The normalized spacial score (nSPS) is 20.9. The number of H-pyrrole nitrogens is 1. The number of carbonyl (C=O) groups excluding carboxylic acids is 2. The number of amides is 2. The number of nitrogens with zero attached hydrogens (tertiary/aromatic N) is 7. The molecule has 0 radical (unpaired) electrons. The number of hydrogen-bond donors (Lipinski definition) is 2. The number of anilines is 1. The average molecular weight is 722 g/mol. The number of methoxy groups -OCH3 is 1. The zero-order valence-electron chi connectivity index (χ0n) is 29.7. The van der Waals surface area contributed by atoms with Gasteiger partial charge in [0.1, 0.15) is 17.8 Å². The first-order chi connectivity index (χ1) is 24.8. The second-order valence-electron chi connectivity index (χ2n) is 14.3. The second-order valence-corrected chi connectivity index (χ2v) is 14.3. The van der Waals surface area contributed by atoms with Crippen LogP contribution in [-0.2, 0) is 17.8 Å². The summed E-state index contributed by atoms with van der Waals surface area (Å²) in [6.07, 6.45) is 5.96. The van der Waals surface area contributed by atoms with Crippen molar-refractivity contribution in [3.8, 4) is 17.4 Å². The quantitative estimate of drug-likeness (QED) is 0.235. The fourth-order valence-electron chi connectivity index (χ4n) is 8.10. The van der Waals surface area contributed by atoms with E-state index in [0.29, 0.717) is 40.7 Å². The Kier molecular flexibility index (Phi) is 8.77. The number of ether oxygens (including phenoxy) is 2. The SMILES string of the molecule is CCc1c(N2CCN(C(=O)c3c(OC(F)F)[nH]cc(C)c3=O)CC2)c(=O)c2nn(-c3ccnc(OC)c3)nc2n1CC(=O)NC12CC(C(C)C)(C1)C2. The van der Waals surface area contributed by atoms with Crippen molar-refractivity contribution in [3.63, 3.8) is 0 Å². The van der Waals surface area contributed by atoms with Gasteiger partial charge in [-0.2, -0.15) is 8.78 Å². The highest BCUT2D eigenvalue weighted by Gasteiger charge is 2.69. The van der Waals surface area contributed by atoms with Crippen LogP contribution >= 0.6 is 0 Å². The van der Waals surface area contributed by atoms with Crippen LogP contribution in [0, 0.1) is 18.3 Å². The maximum absolute atomic E-state index is 14.3. The molecule has 0 spiro atoms. The largest absolute Gasteiger partial charge is 0.481 e. The molecule has 2 amide bonds. The first-order valence-corrected chi connectivity index (χ1v) is 17.3. The lowest BCUT2D eigenvalue weighted by Crippen LogP contribution is -2.76. The van der Waals surface area contributed by atoms with Gasteiger partial charge < -0.3 is 34.1 Å². The molecule has 4 aliphatic rings. The van der Waals surface area contributed by atoms with E-state index in [1.54, 1.807) is 16.7 Å². The zero-order valence-corrected chi connectivity index (χ0v) is 29.7. The summed E-state index contributed by atoms with van der Waals surface area (Å²) in [6, 6.07) is 3.30. The van der Waals surface area contributed by atoms with Crippen LogP contribution in [0.5, 0.6) is 11.8 Å². The Hall–Kier alpha value is -5.35. The molecule has 4 aromatic heterocycles. The van der Waals surface area contributed by atoms with Crippen LogP contribution in [-0.4, -0.2) is 91.7 Å². The summed E-state index contributed by atoms with van der Waals surface area (Å²) in [5, 5.41) is 12.5. The van der Waals surface area contributed by atoms with Crippen LogP contribution in [0.15, 0.2) is 34.1 Å². The van der Waals surface area contributed by atoms with Gasteiger partial charge in [-0.3, -0.25) is 19.2 Å². The van der Waals surface area contributed by atoms with E-state index in [0.717, 1.165) is 19.3 Å². The third-order valence-electron chi connectivity index (χ3n) is 10.9. The zero-order chi connectivity index (χ0) is 37.1. The Balaban J connectivity index is 1.22. The van der Waals surface area contributed by atoms with Crippen molar-refractivity contribution in [2.45, 2.75) is 72.1 Å². The number of hydrogen-bond acceptors (Lipinski definition) is 10. The van der Waals surface area contributed by atoms with Gasteiger partial charge in [-0.05, 0) is 50.0 Å². The van der Waals surface area contributed by atoms with Crippen molar-refractivity contribution in [1.82, 2.24) is 39.7 Å². The molecule has 8 rings (SSSR count). The highest BCUT2D eigenvalue weighted by Crippen LogP contribution is 2.70. The van der Waals surface area contributed by atoms with E-state index >= 15 is 0 Å². The maximum Gasteiger partial charge on any atom is 0.388 e. The summed E-state index contributed by atoms with van der Waals surface area (Å²) in [4.78, 5) is 65.7. The lowest BCUT2D eigenvalue weighted by molar-refractivity contribution is -0.187. The molecule has 0 atom stereocenters. The molecule has 2 N–H and O–H groups in total. The summed E-state index contributed by atoms with van der Waals surface area (Å²) in [5.74, 6) is -0.685. The molecule has 0 unspecified atom stereocenters. The number of fused-ring (bicyclic) bond motifs is 1. The number of pyridine rings is 3. The van der Waals surface area contributed by atoms with Crippen molar-refractivity contribution in [2.24, 2.45) is 11.3 Å². The Bertz CT molecular complexity index is 2170. The van der Waals surface area contributed by atoms with Gasteiger partial charge in [0, 0.05) is 61.4 Å². The standard InChI is InChI=1S/C35H41F2N9O6/c1-6-22-27(43-9-11-44(12-10-43)32(50)25-28(48)20(4)14-39-31(25)52-33(36)37)29(49)26-30(42-46(41-26)21-7-8-38-24(13-21)51-5)45(22)15-23(47)40-35-16-34(17-35,18-35)19(2)3/h7-8,13-14,19,33H,6,9-12,15-18H2,1-5H3,(H,39,48)(H,40,47). The lowest BCUT2D eigenvalue weighted by Gasteiger charge is -2.72. The molecule has 3 aliphatic carbocycles. The number of halogens is 2. The van der Waals surface area contributed by atoms with Crippen molar-refractivity contribution in [1.29, 1.82) is 0 Å². The van der Waals surface area contributed by atoms with Gasteiger partial charge in [0.2, 0.25) is 28.5 Å². The molecule has 4 fully saturated rings. The lowest BCUT2D eigenvalue weighted by atomic mass is 9.36. The summed E-state index contributed by atoms with van der Waals surface area (Å²) in [5.41, 5.74) is 0.339. The summed E-state index contributed by atoms with van der Waals surface area (Å²) >= 11 is 0. The fourth-order valence-corrected chi connectivity index (χ4v) is 8.10. The molecule has 276 valence electrons. The van der Waals surface area contributed by atoms with E-state index in [4.69, 9.17) is 9.84 Å². The number of piperazine rings is 1. The molecule has 5 heterocycles. The Morgan fingerprint density at radius 1 is 1.08 bits per heavy atom. The Morgan fingerprint density at radius 3 is 2.42 bits per heavy atom. The van der Waals surface area contributed by atoms with E-state index in [1.807, 2.05) is 11.8 Å². The minimum absolute atomic E-state index is 0.0543. The number of carbonyl (C=O) groups is 2. The van der Waals surface area contributed by atoms with Gasteiger partial charge >= 0.3 is 6.61 Å². The van der Waals surface area contributed by atoms with Crippen LogP contribution < -0.4 is 30.5 Å². The van der Waals surface area contributed by atoms with Crippen LogP contribution in [0.1, 0.15) is 61.6 Å². The highest BCUT2D eigenvalue weighted by atomic mass is 19.3. The molecular weight excluding hydrogens is 680 g/mol. The summed E-state index contributed by atoms with van der Waals surface area (Å²) in [7, 11) is 1.48. The van der Waals surface area contributed by atoms with Crippen molar-refractivity contribution >= 4 is 28.7 Å². The van der Waals surface area contributed by atoms with Crippen LogP contribution in [0.4, 0.5) is 14.5 Å². The Labute approximate surface area is 296 Å². The average Bonchev–Trinajstić information content (AvgIpc) is 3.54. The molecule has 0 aromatic carbocycles. The predicted molar refractivity (Wildman–Crippen MR) is 185 cm³/mol. The van der Waals surface area contributed by atoms with Gasteiger partial charge in [0.05, 0.1) is 12.8 Å². The molecule has 17 heteroatoms. The van der Waals surface area contributed by atoms with Crippen LogP contribution in [0.2, 0.25) is 0 Å². The van der Waals surface area contributed by atoms with E-state index < -0.39 is 34.8 Å². The molecule has 52 heavy (non-hydrogen) atoms. The third kappa shape index (κ3) is 5.84. The topological polar surface area (TPSA) is 170 Å². The summed E-state index contributed by atoms with van der Waals surface area (Å²) < 4.78 is 37.8. The molecule has 3 saturated carbocycles. The number of alkyl halides is 2. The first-order valence-electron chi connectivity index (χ1n) is 17.3. The monoisotopic (exact) mass is 721 g/mol. The van der Waals surface area contributed by atoms with E-state index in [9.17, 15) is 28.0 Å². The number of rotatable bonds is 11. The third-order valence-corrected chi connectivity index (χ3v) is 10.9. The van der Waals surface area contributed by atoms with Gasteiger partial charge in [0.25, 0.3) is 5.91 Å². The fraction of sp³-hybridized carbons (Fsp3) is 0.514. The smallest absolute Gasteiger partial charge is 0.388 e. The molecule has 1 saturated heterocycles. The number of aromatic amines is 1. The Morgan fingerprint density at radius 2 is 1.79 bits per heavy atom. The predicted octanol–water partition coefficient (Wildman–Crippen LogP) is 2.80. The first kappa shape index (κ1) is 35.1. The van der Waals surface area contributed by atoms with Gasteiger partial charge in [-0.1, -0.05) is 20.8 Å². The summed E-state index contributed by atoms with van der Waals surface area (Å²) in [6.45, 7) is 4.95. The minimum Gasteiger partial charge on any atom is -0.481 e. The van der Waals surface area contributed by atoms with Gasteiger partial charge in [-0.15, -0.1) is 15.0 Å².